The Labute approximate surface area is 136 Å². The lowest BCUT2D eigenvalue weighted by Gasteiger charge is -2.11. The molecule has 2 N–H and O–H groups in total. The zero-order chi connectivity index (χ0) is 15.6. The summed E-state index contributed by atoms with van der Waals surface area (Å²) in [6.07, 6.45) is 2.72. The number of nitrogens with one attached hydrogen (secondary N) is 2. The van der Waals surface area contributed by atoms with Gasteiger partial charge in [0.15, 0.2) is 5.96 Å². The fraction of sp³-hybridized carbons (Fsp3) is 0.294. The first kappa shape index (κ1) is 16.3. The Bertz CT molecular complexity index is 581. The van der Waals surface area contributed by atoms with E-state index in [1.165, 1.54) is 5.56 Å². The molecule has 0 aliphatic heterocycles. The number of nitrogens with zero attached hydrogens (tertiary/aromatic N) is 2. The Kier molecular flexibility index (Phi) is 6.71. The van der Waals surface area contributed by atoms with Gasteiger partial charge in [0.25, 0.3) is 0 Å². The van der Waals surface area contributed by atoms with Gasteiger partial charge in [-0.25, -0.2) is 9.98 Å². The molecular weight excluding hydrogens is 296 g/mol. The first-order chi connectivity index (χ1) is 10.8. The van der Waals surface area contributed by atoms with Crippen molar-refractivity contribution in [2.24, 2.45) is 4.99 Å². The van der Waals surface area contributed by atoms with Gasteiger partial charge in [-0.3, -0.25) is 0 Å². The number of benzene rings is 1. The number of aliphatic imine (C=N–C) groups is 1. The molecule has 0 amide bonds. The summed E-state index contributed by atoms with van der Waals surface area (Å²) < 4.78 is 0. The van der Waals surface area contributed by atoms with Crippen molar-refractivity contribution in [2.75, 3.05) is 13.1 Å². The molecule has 116 valence electrons. The number of rotatable bonds is 6. The summed E-state index contributed by atoms with van der Waals surface area (Å²) in [7, 11) is 0. The van der Waals surface area contributed by atoms with Gasteiger partial charge >= 0.3 is 0 Å². The summed E-state index contributed by atoms with van der Waals surface area (Å²) >= 11 is 5.78. The van der Waals surface area contributed by atoms with Crippen LogP contribution in [0.25, 0.3) is 0 Å². The minimum atomic E-state index is 0.501. The summed E-state index contributed by atoms with van der Waals surface area (Å²) in [6, 6.07) is 14.1. The smallest absolute Gasteiger partial charge is 0.191 e. The van der Waals surface area contributed by atoms with E-state index in [2.05, 4.69) is 51.8 Å². The standard InChI is InChI=1S/C17H21ClN4/c1-2-19-17(20-11-10-14-6-4-3-5-7-14)22-13-15-8-9-16(18)21-12-15/h3-9,12H,2,10-11,13H2,1H3,(H2,19,20,22). The summed E-state index contributed by atoms with van der Waals surface area (Å²) in [6.45, 7) is 4.30. The highest BCUT2D eigenvalue weighted by Gasteiger charge is 1.99. The quantitative estimate of drug-likeness (QED) is 0.489. The minimum absolute atomic E-state index is 0.501. The molecule has 4 nitrogen and oxygen atoms in total. The monoisotopic (exact) mass is 316 g/mol. The molecule has 22 heavy (non-hydrogen) atoms. The Morgan fingerprint density at radius 1 is 1.09 bits per heavy atom. The van der Waals surface area contributed by atoms with Crippen molar-refractivity contribution in [1.29, 1.82) is 0 Å². The molecule has 0 aliphatic rings. The van der Waals surface area contributed by atoms with Crippen LogP contribution in [0.15, 0.2) is 53.7 Å². The van der Waals surface area contributed by atoms with E-state index in [9.17, 15) is 0 Å². The van der Waals surface area contributed by atoms with Crippen LogP contribution in [0.3, 0.4) is 0 Å². The van der Waals surface area contributed by atoms with Crippen LogP contribution in [0, 0.1) is 0 Å². The van der Waals surface area contributed by atoms with Gasteiger partial charge in [-0.1, -0.05) is 48.0 Å². The Hall–Kier alpha value is -2.07. The van der Waals surface area contributed by atoms with Gasteiger partial charge < -0.3 is 10.6 Å². The topological polar surface area (TPSA) is 49.3 Å². The van der Waals surface area contributed by atoms with E-state index >= 15 is 0 Å². The molecule has 2 rings (SSSR count). The highest BCUT2D eigenvalue weighted by atomic mass is 35.5. The van der Waals surface area contributed by atoms with Crippen molar-refractivity contribution < 1.29 is 0 Å². The highest BCUT2D eigenvalue weighted by Crippen LogP contribution is 2.06. The van der Waals surface area contributed by atoms with E-state index in [1.807, 2.05) is 12.1 Å². The number of pyridine rings is 1. The second kappa shape index (κ2) is 9.05. The molecule has 0 spiro atoms. The van der Waals surface area contributed by atoms with Gasteiger partial charge in [0.1, 0.15) is 5.15 Å². The molecule has 0 unspecified atom stereocenters. The lowest BCUT2D eigenvalue weighted by molar-refractivity contribution is 0.799. The van der Waals surface area contributed by atoms with E-state index in [1.54, 1.807) is 12.3 Å². The van der Waals surface area contributed by atoms with E-state index in [4.69, 9.17) is 11.6 Å². The third-order valence-corrected chi connectivity index (χ3v) is 3.33. The average Bonchev–Trinajstić information content (AvgIpc) is 2.55. The van der Waals surface area contributed by atoms with Gasteiger partial charge in [0.05, 0.1) is 6.54 Å². The molecule has 0 saturated carbocycles. The number of guanidine groups is 1. The average molecular weight is 317 g/mol. The first-order valence-electron chi connectivity index (χ1n) is 7.44. The van der Waals surface area contributed by atoms with Crippen molar-refractivity contribution in [3.8, 4) is 0 Å². The molecule has 1 aromatic heterocycles. The van der Waals surface area contributed by atoms with E-state index in [-0.39, 0.29) is 0 Å². The normalized spacial score (nSPS) is 11.3. The number of hydrogen-bond acceptors (Lipinski definition) is 2. The van der Waals surface area contributed by atoms with E-state index in [0.29, 0.717) is 11.7 Å². The lowest BCUT2D eigenvalue weighted by Crippen LogP contribution is -2.38. The van der Waals surface area contributed by atoms with Crippen molar-refractivity contribution in [2.45, 2.75) is 19.9 Å². The van der Waals surface area contributed by atoms with Crippen LogP contribution in [0.5, 0.6) is 0 Å². The summed E-state index contributed by atoms with van der Waals surface area (Å²) in [4.78, 5) is 8.62. The van der Waals surface area contributed by atoms with Crippen LogP contribution in [-0.4, -0.2) is 24.0 Å². The molecular formula is C17H21ClN4. The van der Waals surface area contributed by atoms with Crippen molar-refractivity contribution in [3.63, 3.8) is 0 Å². The van der Waals surface area contributed by atoms with Crippen LogP contribution < -0.4 is 10.6 Å². The van der Waals surface area contributed by atoms with Gasteiger partial charge in [-0.15, -0.1) is 0 Å². The maximum absolute atomic E-state index is 5.78. The second-order valence-corrected chi connectivity index (χ2v) is 5.23. The molecule has 0 radical (unpaired) electrons. The lowest BCUT2D eigenvalue weighted by atomic mass is 10.1. The largest absolute Gasteiger partial charge is 0.357 e. The Morgan fingerprint density at radius 3 is 2.59 bits per heavy atom. The van der Waals surface area contributed by atoms with Crippen LogP contribution in [-0.2, 0) is 13.0 Å². The summed E-state index contributed by atoms with van der Waals surface area (Å²) in [5, 5.41) is 7.09. The molecule has 0 atom stereocenters. The third-order valence-electron chi connectivity index (χ3n) is 3.10. The molecule has 1 aromatic carbocycles. The predicted molar refractivity (Wildman–Crippen MR) is 92.2 cm³/mol. The molecule has 2 aromatic rings. The van der Waals surface area contributed by atoms with E-state index in [0.717, 1.165) is 31.0 Å². The maximum atomic E-state index is 5.78. The second-order valence-electron chi connectivity index (χ2n) is 4.85. The number of halogens is 1. The molecule has 1 heterocycles. The first-order valence-corrected chi connectivity index (χ1v) is 7.82. The maximum Gasteiger partial charge on any atom is 0.191 e. The van der Waals surface area contributed by atoms with Crippen LogP contribution >= 0.6 is 11.6 Å². The van der Waals surface area contributed by atoms with Crippen LogP contribution in [0.1, 0.15) is 18.1 Å². The number of aromatic nitrogens is 1. The summed E-state index contributed by atoms with van der Waals surface area (Å²) in [5.74, 6) is 0.813. The van der Waals surface area contributed by atoms with Gasteiger partial charge in [-0.2, -0.15) is 0 Å². The zero-order valence-corrected chi connectivity index (χ0v) is 13.5. The predicted octanol–water partition coefficient (Wildman–Crippen LogP) is 3.03. The van der Waals surface area contributed by atoms with Crippen LogP contribution in [0.2, 0.25) is 5.15 Å². The van der Waals surface area contributed by atoms with Gasteiger partial charge in [-0.05, 0) is 30.5 Å². The van der Waals surface area contributed by atoms with Gasteiger partial charge in [0, 0.05) is 19.3 Å². The molecule has 0 saturated heterocycles. The zero-order valence-electron chi connectivity index (χ0n) is 12.7. The fourth-order valence-electron chi connectivity index (χ4n) is 1.98. The Morgan fingerprint density at radius 2 is 1.91 bits per heavy atom. The SMILES string of the molecule is CCNC(=NCc1ccc(Cl)nc1)NCCc1ccccc1. The van der Waals surface area contributed by atoms with Crippen molar-refractivity contribution in [3.05, 3.63) is 64.9 Å². The van der Waals surface area contributed by atoms with E-state index < -0.39 is 0 Å². The molecule has 0 fully saturated rings. The van der Waals surface area contributed by atoms with Crippen molar-refractivity contribution >= 4 is 17.6 Å². The molecule has 0 bridgehead atoms. The summed E-state index contributed by atoms with van der Waals surface area (Å²) in [5.41, 5.74) is 2.34. The highest BCUT2D eigenvalue weighted by molar-refractivity contribution is 6.29. The fourth-order valence-corrected chi connectivity index (χ4v) is 2.09. The molecule has 5 heteroatoms. The third kappa shape index (κ3) is 5.74. The molecule has 0 aliphatic carbocycles. The Balaban J connectivity index is 1.85. The number of hydrogen-bond donors (Lipinski definition) is 2. The van der Waals surface area contributed by atoms with Crippen molar-refractivity contribution in [1.82, 2.24) is 15.6 Å². The minimum Gasteiger partial charge on any atom is -0.357 e. The van der Waals surface area contributed by atoms with Crippen LogP contribution in [0.4, 0.5) is 0 Å². The van der Waals surface area contributed by atoms with Gasteiger partial charge in [0.2, 0.25) is 0 Å².